The van der Waals surface area contributed by atoms with Gasteiger partial charge in [0.15, 0.2) is 0 Å². The molecule has 0 aliphatic heterocycles. The average Bonchev–Trinajstić information content (AvgIpc) is 1.90. The molecule has 0 bridgehead atoms. The Bertz CT molecular complexity index is 181. The molecule has 1 radical (unpaired) electrons. The van der Waals surface area contributed by atoms with Crippen LogP contribution in [0.25, 0.3) is 5.73 Å². The molecule has 0 heterocycles. The maximum atomic E-state index is 7.17. The van der Waals surface area contributed by atoms with Gasteiger partial charge >= 0.3 is 0 Å². The molecular weight excluding hydrogens is 337 g/mol. The van der Waals surface area contributed by atoms with Crippen LogP contribution in [-0.2, 0) is 6.42 Å². The molecule has 10 heavy (non-hydrogen) atoms. The van der Waals surface area contributed by atoms with Crippen molar-refractivity contribution in [1.29, 1.82) is 0 Å². The van der Waals surface area contributed by atoms with Crippen molar-refractivity contribution in [2.45, 2.75) is 13.3 Å². The molecule has 0 aliphatic carbocycles. The minimum Gasteiger partial charge on any atom is -0.699 e. The third-order valence-corrected chi connectivity index (χ3v) is 1.36. The number of benzene rings is 1. The quantitative estimate of drug-likeness (QED) is 0.746. The van der Waals surface area contributed by atoms with Gasteiger partial charge in [0.2, 0.25) is 0 Å². The van der Waals surface area contributed by atoms with E-state index in [2.05, 4.69) is 6.92 Å². The Balaban J connectivity index is 0.000000810. The Morgan fingerprint density at radius 2 is 1.70 bits per heavy atom. The number of rotatable bonds is 1. The summed E-state index contributed by atoms with van der Waals surface area (Å²) >= 11 is 0. The standard InChI is InChI=1S/C8H10N.Ac/c1-2-7-3-5-8(9)6-4-7;/h3-6,9H,2H2,1H3;/q-1;. The molecule has 1 N–H and O–H groups in total. The van der Waals surface area contributed by atoms with Gasteiger partial charge in [-0.05, 0) is 12.0 Å². The van der Waals surface area contributed by atoms with E-state index >= 15 is 0 Å². The van der Waals surface area contributed by atoms with Gasteiger partial charge in [0.1, 0.15) is 0 Å². The summed E-state index contributed by atoms with van der Waals surface area (Å²) in [6.45, 7) is 2.11. The second-order valence-corrected chi connectivity index (χ2v) is 2.05. The van der Waals surface area contributed by atoms with Gasteiger partial charge in [0.25, 0.3) is 0 Å². The molecular formula is C8H10AcN-. The average molecular weight is 347 g/mol. The molecule has 2 heteroatoms. The monoisotopic (exact) mass is 347 g/mol. The number of hydrogen-bond donors (Lipinski definition) is 0. The first-order valence-electron chi connectivity index (χ1n) is 3.13. The molecule has 0 atom stereocenters. The molecule has 0 aliphatic rings. The zero-order chi connectivity index (χ0) is 6.69. The summed E-state index contributed by atoms with van der Waals surface area (Å²) in [4.78, 5) is 0. The second-order valence-electron chi connectivity index (χ2n) is 2.05. The molecule has 0 saturated carbocycles. The molecule has 0 aromatic heterocycles. The van der Waals surface area contributed by atoms with Gasteiger partial charge in [0, 0.05) is 44.1 Å². The zero-order valence-electron chi connectivity index (χ0n) is 6.09. The van der Waals surface area contributed by atoms with Gasteiger partial charge in [-0.1, -0.05) is 31.2 Å². The van der Waals surface area contributed by atoms with E-state index in [0.717, 1.165) is 6.42 Å². The number of aryl methyl sites for hydroxylation is 1. The summed E-state index contributed by atoms with van der Waals surface area (Å²) in [5.74, 6) is 0. The summed E-state index contributed by atoms with van der Waals surface area (Å²) in [5, 5.41) is 0. The molecule has 1 aromatic carbocycles. The van der Waals surface area contributed by atoms with Gasteiger partial charge in [-0.3, -0.25) is 0 Å². The Morgan fingerprint density at radius 1 is 1.20 bits per heavy atom. The molecule has 1 nitrogen and oxygen atoms in total. The van der Waals surface area contributed by atoms with Crippen molar-refractivity contribution in [2.75, 3.05) is 0 Å². The van der Waals surface area contributed by atoms with Crippen molar-refractivity contribution < 1.29 is 44.1 Å². The van der Waals surface area contributed by atoms with Crippen molar-refractivity contribution in [3.63, 3.8) is 0 Å². The second kappa shape index (κ2) is 5.16. The maximum absolute atomic E-state index is 7.17. The summed E-state index contributed by atoms with van der Waals surface area (Å²) in [6.07, 6.45) is 1.06. The van der Waals surface area contributed by atoms with Crippen LogP contribution in [0.4, 0.5) is 5.69 Å². The fourth-order valence-electron chi connectivity index (χ4n) is 0.740. The largest absolute Gasteiger partial charge is 0.699 e. The molecule has 51 valence electrons. The van der Waals surface area contributed by atoms with Crippen LogP contribution in [0.5, 0.6) is 0 Å². The Kier molecular flexibility index (Phi) is 5.39. The van der Waals surface area contributed by atoms with Crippen LogP contribution in [0.3, 0.4) is 0 Å². The van der Waals surface area contributed by atoms with E-state index in [0.29, 0.717) is 5.69 Å². The zero-order valence-corrected chi connectivity index (χ0v) is 10.8. The summed E-state index contributed by atoms with van der Waals surface area (Å²) in [7, 11) is 0. The van der Waals surface area contributed by atoms with E-state index < -0.39 is 0 Å². The topological polar surface area (TPSA) is 23.8 Å². The van der Waals surface area contributed by atoms with Crippen LogP contribution >= 0.6 is 0 Å². The SMILES string of the molecule is CCc1ccc([NH-])cc1.[Ac]. The first kappa shape index (κ1) is 10.5. The van der Waals surface area contributed by atoms with E-state index in [-0.39, 0.29) is 44.1 Å². The smallest absolute Gasteiger partial charge is 0 e. The minimum absolute atomic E-state index is 0. The fraction of sp³-hybridized carbons (Fsp3) is 0.250. The first-order chi connectivity index (χ1) is 4.33. The summed E-state index contributed by atoms with van der Waals surface area (Å²) in [5.41, 5.74) is 9.05. The van der Waals surface area contributed by atoms with Crippen molar-refractivity contribution >= 4 is 5.69 Å². The van der Waals surface area contributed by atoms with Crippen LogP contribution in [0.2, 0.25) is 0 Å². The van der Waals surface area contributed by atoms with Crippen molar-refractivity contribution in [2.24, 2.45) is 0 Å². The van der Waals surface area contributed by atoms with Gasteiger partial charge in [-0.15, -0.1) is 5.69 Å². The Morgan fingerprint density at radius 3 is 2.10 bits per heavy atom. The fourth-order valence-corrected chi connectivity index (χ4v) is 0.740. The van der Waals surface area contributed by atoms with Crippen LogP contribution < -0.4 is 0 Å². The molecule has 0 spiro atoms. The predicted octanol–water partition coefficient (Wildman–Crippen LogP) is 2.93. The molecule has 0 saturated heterocycles. The van der Waals surface area contributed by atoms with E-state index in [4.69, 9.17) is 5.73 Å². The van der Waals surface area contributed by atoms with Gasteiger partial charge in [-0.25, -0.2) is 0 Å². The Hall–Kier alpha value is 0.462. The molecule has 0 amide bonds. The van der Waals surface area contributed by atoms with Gasteiger partial charge < -0.3 is 5.73 Å². The molecule has 0 unspecified atom stereocenters. The van der Waals surface area contributed by atoms with E-state index in [1.165, 1.54) is 5.56 Å². The van der Waals surface area contributed by atoms with Crippen molar-refractivity contribution in [3.05, 3.63) is 35.6 Å². The Labute approximate surface area is 97.6 Å². The van der Waals surface area contributed by atoms with Gasteiger partial charge in [-0.2, -0.15) is 0 Å². The van der Waals surface area contributed by atoms with E-state index in [9.17, 15) is 0 Å². The van der Waals surface area contributed by atoms with Crippen LogP contribution in [0, 0.1) is 44.1 Å². The van der Waals surface area contributed by atoms with Gasteiger partial charge in [0.05, 0.1) is 0 Å². The maximum Gasteiger partial charge on any atom is 0 e. The molecule has 1 rings (SSSR count). The third-order valence-electron chi connectivity index (χ3n) is 1.36. The van der Waals surface area contributed by atoms with E-state index in [1.807, 2.05) is 24.3 Å². The summed E-state index contributed by atoms with van der Waals surface area (Å²) < 4.78 is 0. The van der Waals surface area contributed by atoms with Crippen LogP contribution in [-0.4, -0.2) is 0 Å². The van der Waals surface area contributed by atoms with E-state index in [1.54, 1.807) is 0 Å². The van der Waals surface area contributed by atoms with Crippen molar-refractivity contribution in [1.82, 2.24) is 0 Å². The first-order valence-corrected chi connectivity index (χ1v) is 3.13. The number of hydrogen-bond acceptors (Lipinski definition) is 0. The normalized spacial score (nSPS) is 8.50. The summed E-state index contributed by atoms with van der Waals surface area (Å²) in [6, 6.07) is 7.61. The van der Waals surface area contributed by atoms with Crippen LogP contribution in [0.1, 0.15) is 12.5 Å². The minimum atomic E-state index is 0. The number of nitrogens with one attached hydrogen (secondary N) is 1. The molecule has 0 fully saturated rings. The third kappa shape index (κ3) is 3.03. The molecule has 1 aromatic rings. The predicted molar refractivity (Wildman–Crippen MR) is 39.8 cm³/mol. The van der Waals surface area contributed by atoms with Crippen LogP contribution in [0.15, 0.2) is 24.3 Å². The van der Waals surface area contributed by atoms with Crippen molar-refractivity contribution in [3.8, 4) is 0 Å².